The summed E-state index contributed by atoms with van der Waals surface area (Å²) in [5.74, 6) is 5.00. The van der Waals surface area contributed by atoms with Crippen molar-refractivity contribution in [2.45, 2.75) is 30.1 Å². The topological polar surface area (TPSA) is 114 Å². The molecule has 1 aliphatic heterocycles. The number of benzene rings is 2. The number of nitrogens with one attached hydrogen (secondary N) is 3. The molecule has 0 aliphatic carbocycles. The van der Waals surface area contributed by atoms with Crippen molar-refractivity contribution in [2.75, 3.05) is 45.0 Å². The Balaban J connectivity index is 1.62. The second-order valence-electron chi connectivity index (χ2n) is 9.66. The van der Waals surface area contributed by atoms with E-state index in [-0.39, 0.29) is 39.4 Å². The van der Waals surface area contributed by atoms with Gasteiger partial charge in [-0.1, -0.05) is 11.8 Å². The number of sulfone groups is 1. The molecule has 0 saturated carbocycles. The average Bonchev–Trinajstić information content (AvgIpc) is 3.31. The zero-order valence-corrected chi connectivity index (χ0v) is 23.1. The van der Waals surface area contributed by atoms with Gasteiger partial charge in [0.05, 0.1) is 48.3 Å². The first-order valence-electron chi connectivity index (χ1n) is 12.6. The number of methoxy groups -OCH3 is 1. The molecule has 220 valence electrons. The number of amides is 1. The van der Waals surface area contributed by atoms with E-state index in [0.29, 0.717) is 25.2 Å². The summed E-state index contributed by atoms with van der Waals surface area (Å²) in [6.07, 6.45) is -1.91. The molecule has 1 aromatic heterocycles. The molecule has 0 bridgehead atoms. The molecule has 0 radical (unpaired) electrons. The molecule has 3 aromatic rings. The largest absolute Gasteiger partial charge is 0.495 e. The quantitative estimate of drug-likeness (QED) is 0.271. The Morgan fingerprint density at radius 2 is 2.05 bits per heavy atom. The number of alkyl halides is 4. The molecule has 41 heavy (non-hydrogen) atoms. The summed E-state index contributed by atoms with van der Waals surface area (Å²) in [6, 6.07) is 6.76. The normalized spacial score (nSPS) is 17.5. The molecule has 2 unspecified atom stereocenters. The molecular weight excluding hydrogens is 566 g/mol. The van der Waals surface area contributed by atoms with Crippen molar-refractivity contribution in [1.82, 2.24) is 20.2 Å². The number of aromatic nitrogens is 2. The number of hydrogen-bond donors (Lipinski definition) is 3. The van der Waals surface area contributed by atoms with Crippen LogP contribution in [0.4, 0.5) is 23.2 Å². The predicted molar refractivity (Wildman–Crippen MR) is 145 cm³/mol. The Kier molecular flexibility index (Phi) is 9.08. The van der Waals surface area contributed by atoms with Crippen LogP contribution in [0, 0.1) is 17.8 Å². The standard InChI is InChI=1S/C27H29F4N5O4S/c1-40-24-12-19(41(2,38)39)5-6-22(24)33-8-3-4-17-10-20(26(37)35-21-7-9-32-14-18(21)13-28)25-23(11-17)36(16-34-25)15-27(29,30)31/h5-6,10-12,16,18,21,32-33H,7-9,13-15H2,1-2H3,(H,35,37). The van der Waals surface area contributed by atoms with Gasteiger partial charge >= 0.3 is 6.18 Å². The van der Waals surface area contributed by atoms with Gasteiger partial charge in [-0.2, -0.15) is 13.2 Å². The van der Waals surface area contributed by atoms with E-state index in [9.17, 15) is 30.8 Å². The van der Waals surface area contributed by atoms with Gasteiger partial charge in [-0.05, 0) is 37.2 Å². The van der Waals surface area contributed by atoms with Crippen LogP contribution in [0.15, 0.2) is 41.6 Å². The summed E-state index contributed by atoms with van der Waals surface area (Å²) < 4.78 is 82.9. The molecule has 9 nitrogen and oxygen atoms in total. The lowest BCUT2D eigenvalue weighted by atomic mass is 9.94. The molecule has 3 N–H and O–H groups in total. The molecule has 2 aromatic carbocycles. The lowest BCUT2D eigenvalue weighted by Crippen LogP contribution is -2.50. The highest BCUT2D eigenvalue weighted by atomic mass is 32.2. The fourth-order valence-electron chi connectivity index (χ4n) is 4.58. The van der Waals surface area contributed by atoms with E-state index in [1.807, 2.05) is 0 Å². The smallest absolute Gasteiger partial charge is 0.406 e. The van der Waals surface area contributed by atoms with E-state index in [4.69, 9.17) is 4.74 Å². The van der Waals surface area contributed by atoms with E-state index >= 15 is 0 Å². The maximum Gasteiger partial charge on any atom is 0.406 e. The van der Waals surface area contributed by atoms with Crippen molar-refractivity contribution in [2.24, 2.45) is 5.92 Å². The second-order valence-corrected chi connectivity index (χ2v) is 11.7. The van der Waals surface area contributed by atoms with Gasteiger partial charge in [0.2, 0.25) is 0 Å². The van der Waals surface area contributed by atoms with Gasteiger partial charge in [-0.25, -0.2) is 13.4 Å². The van der Waals surface area contributed by atoms with Crippen molar-refractivity contribution >= 4 is 32.5 Å². The molecule has 14 heteroatoms. The molecule has 4 rings (SSSR count). The molecule has 2 heterocycles. The number of fused-ring (bicyclic) bond motifs is 1. The minimum atomic E-state index is -4.52. The number of halogens is 4. The van der Waals surface area contributed by atoms with Gasteiger partial charge < -0.3 is 25.3 Å². The Labute approximate surface area is 234 Å². The molecule has 2 atom stereocenters. The van der Waals surface area contributed by atoms with Crippen LogP contribution >= 0.6 is 0 Å². The lowest BCUT2D eigenvalue weighted by molar-refractivity contribution is -0.139. The zero-order chi connectivity index (χ0) is 29.8. The highest BCUT2D eigenvalue weighted by Crippen LogP contribution is 2.28. The number of hydrogen-bond acceptors (Lipinski definition) is 7. The molecular formula is C27H29F4N5O4S. The van der Waals surface area contributed by atoms with E-state index in [0.717, 1.165) is 17.2 Å². The first-order valence-corrected chi connectivity index (χ1v) is 14.5. The summed E-state index contributed by atoms with van der Waals surface area (Å²) in [5.41, 5.74) is 0.960. The van der Waals surface area contributed by atoms with E-state index in [1.165, 1.54) is 37.4 Å². The summed E-state index contributed by atoms with van der Waals surface area (Å²) >= 11 is 0. The number of imidazole rings is 1. The minimum absolute atomic E-state index is 0.0369. The van der Waals surface area contributed by atoms with Crippen LogP contribution in [0.2, 0.25) is 0 Å². The number of carbonyl (C=O) groups excluding carboxylic acids is 1. The summed E-state index contributed by atoms with van der Waals surface area (Å²) in [6.45, 7) is -0.865. The van der Waals surface area contributed by atoms with Crippen LogP contribution < -0.4 is 20.7 Å². The van der Waals surface area contributed by atoms with E-state index < -0.39 is 47.1 Å². The summed E-state index contributed by atoms with van der Waals surface area (Å²) in [5, 5.41) is 8.91. The van der Waals surface area contributed by atoms with Crippen LogP contribution in [0.25, 0.3) is 11.0 Å². The highest BCUT2D eigenvalue weighted by Gasteiger charge is 2.30. The van der Waals surface area contributed by atoms with Crippen LogP contribution in [-0.4, -0.2) is 75.8 Å². The van der Waals surface area contributed by atoms with Crippen LogP contribution in [-0.2, 0) is 16.4 Å². The lowest BCUT2D eigenvalue weighted by Gasteiger charge is -2.31. The van der Waals surface area contributed by atoms with Gasteiger partial charge in [0, 0.05) is 36.4 Å². The van der Waals surface area contributed by atoms with E-state index in [2.05, 4.69) is 32.8 Å². The number of ether oxygens (including phenoxy) is 1. The predicted octanol–water partition coefficient (Wildman–Crippen LogP) is 3.15. The fraction of sp³-hybridized carbons (Fsp3) is 0.407. The molecule has 1 aliphatic rings. The number of carbonyl (C=O) groups is 1. The number of piperidine rings is 1. The highest BCUT2D eigenvalue weighted by molar-refractivity contribution is 7.90. The Bertz CT molecular complexity index is 1590. The van der Waals surface area contributed by atoms with Gasteiger partial charge in [0.1, 0.15) is 17.8 Å². The van der Waals surface area contributed by atoms with Crippen LogP contribution in [0.5, 0.6) is 5.75 Å². The van der Waals surface area contributed by atoms with Crippen molar-refractivity contribution in [1.29, 1.82) is 0 Å². The fourth-order valence-corrected chi connectivity index (χ4v) is 5.22. The number of nitrogens with zero attached hydrogens (tertiary/aromatic N) is 2. The summed E-state index contributed by atoms with van der Waals surface area (Å²) in [7, 11) is -2.04. The first kappa shape index (κ1) is 30.1. The molecule has 1 saturated heterocycles. The molecule has 1 amide bonds. The van der Waals surface area contributed by atoms with Crippen molar-refractivity contribution in [3.63, 3.8) is 0 Å². The monoisotopic (exact) mass is 595 g/mol. The van der Waals surface area contributed by atoms with E-state index in [1.54, 1.807) is 0 Å². The minimum Gasteiger partial charge on any atom is -0.495 e. The van der Waals surface area contributed by atoms with Crippen molar-refractivity contribution < 1.29 is 35.5 Å². The third-order valence-corrected chi connectivity index (χ3v) is 7.75. The van der Waals surface area contributed by atoms with Gasteiger partial charge in [0.25, 0.3) is 5.91 Å². The third-order valence-electron chi connectivity index (χ3n) is 6.64. The van der Waals surface area contributed by atoms with Crippen molar-refractivity contribution in [3.8, 4) is 17.6 Å². The Morgan fingerprint density at radius 3 is 2.73 bits per heavy atom. The second kappa shape index (κ2) is 12.4. The molecule has 0 spiro atoms. The average molecular weight is 596 g/mol. The Morgan fingerprint density at radius 1 is 1.27 bits per heavy atom. The maximum absolute atomic E-state index is 13.5. The molecule has 1 fully saturated rings. The summed E-state index contributed by atoms with van der Waals surface area (Å²) in [4.78, 5) is 17.4. The maximum atomic E-state index is 13.5. The van der Waals surface area contributed by atoms with Crippen molar-refractivity contribution in [3.05, 3.63) is 47.8 Å². The van der Waals surface area contributed by atoms with Gasteiger partial charge in [-0.15, -0.1) is 0 Å². The van der Waals surface area contributed by atoms with Crippen LogP contribution in [0.1, 0.15) is 22.3 Å². The number of rotatable bonds is 8. The Hall–Kier alpha value is -3.83. The zero-order valence-electron chi connectivity index (χ0n) is 22.3. The van der Waals surface area contributed by atoms with Crippen LogP contribution in [0.3, 0.4) is 0 Å². The van der Waals surface area contributed by atoms with Gasteiger partial charge in [-0.3, -0.25) is 9.18 Å². The third kappa shape index (κ3) is 7.47. The number of anilines is 1. The first-order chi connectivity index (χ1) is 19.4. The SMILES string of the molecule is COc1cc(S(C)(=O)=O)ccc1NCC#Cc1cc(C(=O)NC2CCNCC2CF)c2ncn(CC(F)(F)F)c2c1. The van der Waals surface area contributed by atoms with Gasteiger partial charge in [0.15, 0.2) is 9.84 Å².